The monoisotopic (exact) mass is 417 g/mol. The molecule has 0 radical (unpaired) electrons. The highest BCUT2D eigenvalue weighted by Gasteiger charge is 2.51. The first-order valence-corrected chi connectivity index (χ1v) is 10.7. The molecule has 2 fully saturated rings. The summed E-state index contributed by atoms with van der Waals surface area (Å²) in [6, 6.07) is 26.5. The van der Waals surface area contributed by atoms with Crippen molar-refractivity contribution in [1.29, 1.82) is 5.41 Å². The Hall–Kier alpha value is -2.82. The molecule has 2 aliphatic rings. The van der Waals surface area contributed by atoms with Gasteiger partial charge in [0.25, 0.3) is 0 Å². The number of nitrogens with one attached hydrogen (secondary N) is 2. The molecule has 0 amide bonds. The number of guanidine groups is 1. The van der Waals surface area contributed by atoms with Crippen molar-refractivity contribution < 1.29 is 4.74 Å². The Morgan fingerprint density at radius 1 is 0.967 bits per heavy atom. The van der Waals surface area contributed by atoms with Gasteiger partial charge in [-0.05, 0) is 47.7 Å². The highest BCUT2D eigenvalue weighted by Crippen LogP contribution is 2.48. The van der Waals surface area contributed by atoms with Crippen LogP contribution in [0.3, 0.4) is 0 Å². The van der Waals surface area contributed by atoms with Crippen LogP contribution in [-0.4, -0.2) is 17.6 Å². The van der Waals surface area contributed by atoms with Gasteiger partial charge in [-0.1, -0.05) is 72.3 Å². The number of nitrogens with zero attached hydrogens (tertiary/aromatic N) is 1. The van der Waals surface area contributed by atoms with Gasteiger partial charge in [0, 0.05) is 23.0 Å². The summed E-state index contributed by atoms with van der Waals surface area (Å²) in [4.78, 5) is 1.93. The number of halogens is 1. The lowest BCUT2D eigenvalue weighted by atomic mass is 9.93. The molecule has 1 saturated carbocycles. The summed E-state index contributed by atoms with van der Waals surface area (Å²) < 4.78 is 6.49. The predicted octanol–water partition coefficient (Wildman–Crippen LogP) is 5.58. The molecule has 1 atom stereocenters. The molecule has 0 aromatic heterocycles. The van der Waals surface area contributed by atoms with Gasteiger partial charge in [0.2, 0.25) is 0 Å². The summed E-state index contributed by atoms with van der Waals surface area (Å²) in [6.07, 6.45) is 2.20. The van der Waals surface area contributed by atoms with Crippen LogP contribution in [-0.2, 0) is 17.0 Å². The van der Waals surface area contributed by atoms with Gasteiger partial charge < -0.3 is 15.0 Å². The van der Waals surface area contributed by atoms with E-state index < -0.39 is 5.72 Å². The smallest absolute Gasteiger partial charge is 0.195 e. The Balaban J connectivity index is 1.42. The van der Waals surface area contributed by atoms with Crippen molar-refractivity contribution in [2.75, 3.05) is 6.73 Å². The van der Waals surface area contributed by atoms with Gasteiger partial charge in [-0.15, -0.1) is 0 Å². The molecule has 1 saturated heterocycles. The average molecular weight is 418 g/mol. The lowest BCUT2D eigenvalue weighted by Gasteiger charge is -2.44. The van der Waals surface area contributed by atoms with E-state index in [9.17, 15) is 0 Å². The number of hydrogen-bond acceptors (Lipinski definition) is 2. The van der Waals surface area contributed by atoms with Crippen molar-refractivity contribution in [3.8, 4) is 11.1 Å². The zero-order valence-electron chi connectivity index (χ0n) is 16.6. The van der Waals surface area contributed by atoms with Crippen LogP contribution in [0.5, 0.6) is 0 Å². The zero-order chi connectivity index (χ0) is 20.6. The van der Waals surface area contributed by atoms with Gasteiger partial charge >= 0.3 is 0 Å². The molecule has 3 aromatic carbocycles. The van der Waals surface area contributed by atoms with Crippen molar-refractivity contribution >= 4 is 17.6 Å². The van der Waals surface area contributed by atoms with Crippen LogP contribution in [0.15, 0.2) is 78.9 Å². The zero-order valence-corrected chi connectivity index (χ0v) is 17.4. The lowest BCUT2D eigenvalue weighted by Crippen LogP contribution is -2.60. The lowest BCUT2D eigenvalue weighted by molar-refractivity contribution is -0.135. The molecule has 30 heavy (non-hydrogen) atoms. The van der Waals surface area contributed by atoms with Crippen LogP contribution < -0.4 is 5.32 Å². The second kappa shape index (κ2) is 7.78. The molecule has 1 aliphatic heterocycles. The maximum absolute atomic E-state index is 8.68. The van der Waals surface area contributed by atoms with E-state index in [0.717, 1.165) is 40.1 Å². The quantitative estimate of drug-likeness (QED) is 0.569. The predicted molar refractivity (Wildman–Crippen MR) is 120 cm³/mol. The molecule has 5 rings (SSSR count). The maximum Gasteiger partial charge on any atom is 0.195 e. The fourth-order valence-electron chi connectivity index (χ4n) is 4.16. The molecular weight excluding hydrogens is 394 g/mol. The van der Waals surface area contributed by atoms with E-state index in [0.29, 0.717) is 25.2 Å². The molecule has 2 N–H and O–H groups in total. The largest absolute Gasteiger partial charge is 0.331 e. The SMILES string of the molecule is N=C1NC(c2cccc(-c3cccc(Cl)c3)c2)(C2CC2)OCN1Cc1ccccc1. The van der Waals surface area contributed by atoms with Crippen molar-refractivity contribution in [1.82, 2.24) is 10.2 Å². The molecule has 4 nitrogen and oxygen atoms in total. The van der Waals surface area contributed by atoms with Crippen molar-refractivity contribution in [3.05, 3.63) is 95.0 Å². The first kappa shape index (κ1) is 19.2. The van der Waals surface area contributed by atoms with Gasteiger partial charge in [0.05, 0.1) is 0 Å². The molecule has 1 unspecified atom stereocenters. The van der Waals surface area contributed by atoms with Crippen LogP contribution in [0.2, 0.25) is 5.02 Å². The number of ether oxygens (including phenoxy) is 1. The van der Waals surface area contributed by atoms with Crippen LogP contribution in [0.25, 0.3) is 11.1 Å². The number of benzene rings is 3. The van der Waals surface area contributed by atoms with Crippen molar-refractivity contribution in [2.24, 2.45) is 5.92 Å². The van der Waals surface area contributed by atoms with E-state index in [1.54, 1.807) is 0 Å². The first-order valence-electron chi connectivity index (χ1n) is 10.3. The second-order valence-corrected chi connectivity index (χ2v) is 8.47. The van der Waals surface area contributed by atoms with Crippen LogP contribution >= 0.6 is 11.6 Å². The van der Waals surface area contributed by atoms with Crippen LogP contribution in [0.1, 0.15) is 24.0 Å². The fraction of sp³-hybridized carbons (Fsp3) is 0.240. The van der Waals surface area contributed by atoms with E-state index in [2.05, 4.69) is 47.8 Å². The van der Waals surface area contributed by atoms with E-state index in [1.165, 1.54) is 0 Å². The maximum atomic E-state index is 8.68. The van der Waals surface area contributed by atoms with Crippen molar-refractivity contribution in [3.63, 3.8) is 0 Å². The minimum Gasteiger partial charge on any atom is -0.331 e. The summed E-state index contributed by atoms with van der Waals surface area (Å²) in [6.45, 7) is 1.04. The van der Waals surface area contributed by atoms with Gasteiger partial charge in [-0.3, -0.25) is 5.41 Å². The molecule has 1 heterocycles. The Kier molecular flexibility index (Phi) is 4.97. The first-order chi connectivity index (χ1) is 14.6. The Morgan fingerprint density at radius 2 is 1.70 bits per heavy atom. The third-order valence-electron chi connectivity index (χ3n) is 5.89. The number of rotatable bonds is 5. The molecule has 152 valence electrons. The van der Waals surface area contributed by atoms with E-state index in [4.69, 9.17) is 21.7 Å². The minimum atomic E-state index is -0.654. The van der Waals surface area contributed by atoms with Crippen LogP contribution in [0, 0.1) is 11.3 Å². The molecular formula is C25H24ClN3O. The summed E-state index contributed by atoms with van der Waals surface area (Å²) in [7, 11) is 0. The minimum absolute atomic E-state index is 0.367. The topological polar surface area (TPSA) is 48.4 Å². The van der Waals surface area contributed by atoms with E-state index in [1.807, 2.05) is 41.3 Å². The van der Waals surface area contributed by atoms with Gasteiger partial charge in [0.1, 0.15) is 6.73 Å². The molecule has 3 aromatic rings. The Labute approximate surface area is 182 Å². The van der Waals surface area contributed by atoms with Gasteiger partial charge in [-0.2, -0.15) is 0 Å². The molecule has 0 bridgehead atoms. The standard InChI is InChI=1S/C25H24ClN3O/c26-23-11-5-9-20(15-23)19-8-4-10-22(14-19)25(21-12-13-21)28-24(27)29(17-30-25)16-18-6-2-1-3-7-18/h1-11,14-15,21H,12-13,16-17H2,(H2,27,28). The highest BCUT2D eigenvalue weighted by atomic mass is 35.5. The molecule has 1 aliphatic carbocycles. The van der Waals surface area contributed by atoms with E-state index in [-0.39, 0.29) is 0 Å². The van der Waals surface area contributed by atoms with Gasteiger partial charge in [-0.25, -0.2) is 0 Å². The summed E-state index contributed by atoms with van der Waals surface area (Å²) >= 11 is 6.20. The Morgan fingerprint density at radius 3 is 2.40 bits per heavy atom. The average Bonchev–Trinajstić information content (AvgIpc) is 3.62. The highest BCUT2D eigenvalue weighted by molar-refractivity contribution is 6.30. The third-order valence-corrected chi connectivity index (χ3v) is 6.12. The van der Waals surface area contributed by atoms with E-state index >= 15 is 0 Å². The summed E-state index contributed by atoms with van der Waals surface area (Å²) in [5.74, 6) is 0.775. The normalized spacial score (nSPS) is 21.4. The van der Waals surface area contributed by atoms with Crippen molar-refractivity contribution in [2.45, 2.75) is 25.1 Å². The fourth-order valence-corrected chi connectivity index (χ4v) is 4.35. The van der Waals surface area contributed by atoms with Gasteiger partial charge in [0.15, 0.2) is 11.7 Å². The summed E-state index contributed by atoms with van der Waals surface area (Å²) in [5.41, 5.74) is 3.74. The second-order valence-electron chi connectivity index (χ2n) is 8.03. The Bertz CT molecular complexity index is 1070. The number of hydrogen-bond donors (Lipinski definition) is 2. The molecule has 5 heteroatoms. The third kappa shape index (κ3) is 3.69. The van der Waals surface area contributed by atoms with Crippen LogP contribution in [0.4, 0.5) is 0 Å². The molecule has 0 spiro atoms. The summed E-state index contributed by atoms with van der Waals surface area (Å²) in [5, 5.41) is 12.8.